The first-order valence-electron chi connectivity index (χ1n) is 7.08. The van der Waals surface area contributed by atoms with E-state index in [1.165, 1.54) is 6.07 Å². The summed E-state index contributed by atoms with van der Waals surface area (Å²) in [6.07, 6.45) is 3.57. The first-order chi connectivity index (χ1) is 8.95. The highest BCUT2D eigenvalue weighted by Gasteiger charge is 2.30. The lowest BCUT2D eigenvalue weighted by atomic mass is 9.73. The highest BCUT2D eigenvalue weighted by atomic mass is 79.9. The Bertz CT molecular complexity index is 413. The third-order valence-electron chi connectivity index (χ3n) is 4.35. The van der Waals surface area contributed by atoms with Gasteiger partial charge in [0.2, 0.25) is 0 Å². The summed E-state index contributed by atoms with van der Waals surface area (Å²) >= 11 is 3.33. The van der Waals surface area contributed by atoms with E-state index in [-0.39, 0.29) is 17.8 Å². The summed E-state index contributed by atoms with van der Waals surface area (Å²) in [5.41, 5.74) is 0.973. The van der Waals surface area contributed by atoms with Crippen LogP contribution in [0.4, 0.5) is 4.39 Å². The largest absolute Gasteiger partial charge is 0.393 e. The summed E-state index contributed by atoms with van der Waals surface area (Å²) in [7, 11) is 0. The molecule has 3 atom stereocenters. The van der Waals surface area contributed by atoms with Gasteiger partial charge in [-0.1, -0.05) is 29.8 Å². The summed E-state index contributed by atoms with van der Waals surface area (Å²) in [6.45, 7) is 4.50. The number of rotatable bonds is 3. The molecule has 1 fully saturated rings. The highest BCUT2D eigenvalue weighted by Crippen LogP contribution is 2.36. The minimum absolute atomic E-state index is 0.213. The molecule has 0 spiro atoms. The van der Waals surface area contributed by atoms with E-state index in [0.717, 1.165) is 35.7 Å². The van der Waals surface area contributed by atoms with Crippen LogP contribution in [-0.2, 0) is 6.42 Å². The first kappa shape index (κ1) is 15.0. The van der Waals surface area contributed by atoms with E-state index in [2.05, 4.69) is 29.8 Å². The van der Waals surface area contributed by atoms with Gasteiger partial charge in [0, 0.05) is 4.47 Å². The lowest BCUT2D eigenvalue weighted by Gasteiger charge is -2.35. The lowest BCUT2D eigenvalue weighted by molar-refractivity contribution is 0.0378. The van der Waals surface area contributed by atoms with Crippen molar-refractivity contribution in [3.05, 3.63) is 34.1 Å². The van der Waals surface area contributed by atoms with Gasteiger partial charge in [-0.2, -0.15) is 0 Å². The van der Waals surface area contributed by atoms with Crippen molar-refractivity contribution in [3.8, 4) is 0 Å². The third kappa shape index (κ3) is 4.03. The maximum absolute atomic E-state index is 13.4. The fourth-order valence-electron chi connectivity index (χ4n) is 3.14. The Labute approximate surface area is 123 Å². The van der Waals surface area contributed by atoms with Crippen molar-refractivity contribution >= 4 is 15.9 Å². The van der Waals surface area contributed by atoms with E-state index in [1.807, 2.05) is 6.07 Å². The Kier molecular flexibility index (Phi) is 5.02. The number of halogens is 2. The Balaban J connectivity index is 2.07. The molecule has 3 unspecified atom stereocenters. The molecule has 1 N–H and O–H groups in total. The molecule has 0 saturated heterocycles. The van der Waals surface area contributed by atoms with E-state index < -0.39 is 0 Å². The zero-order valence-corrected chi connectivity index (χ0v) is 13.2. The second-order valence-electron chi connectivity index (χ2n) is 6.13. The summed E-state index contributed by atoms with van der Waals surface area (Å²) in [4.78, 5) is 0. The van der Waals surface area contributed by atoms with Crippen LogP contribution in [0.2, 0.25) is 0 Å². The molecule has 0 amide bonds. The number of aliphatic hydroxyl groups is 1. The molecule has 1 aliphatic rings. The molecule has 3 heteroatoms. The topological polar surface area (TPSA) is 20.2 Å². The number of aliphatic hydroxyl groups excluding tert-OH is 1. The third-order valence-corrected chi connectivity index (χ3v) is 4.80. The molecule has 0 aromatic heterocycles. The molecule has 1 aromatic carbocycles. The zero-order chi connectivity index (χ0) is 14.0. The molecule has 2 rings (SSSR count). The van der Waals surface area contributed by atoms with Gasteiger partial charge in [0.25, 0.3) is 0 Å². The van der Waals surface area contributed by atoms with E-state index in [0.29, 0.717) is 11.8 Å². The molecule has 1 aromatic rings. The fourth-order valence-corrected chi connectivity index (χ4v) is 3.65. The minimum atomic E-state index is -0.239. The van der Waals surface area contributed by atoms with Gasteiger partial charge in [-0.15, -0.1) is 0 Å². The van der Waals surface area contributed by atoms with Gasteiger partial charge < -0.3 is 5.11 Å². The predicted octanol–water partition coefficient (Wildman–Crippen LogP) is 4.56. The summed E-state index contributed by atoms with van der Waals surface area (Å²) < 4.78 is 14.2. The minimum Gasteiger partial charge on any atom is -0.393 e. The van der Waals surface area contributed by atoms with Crippen LogP contribution in [-0.4, -0.2) is 11.2 Å². The highest BCUT2D eigenvalue weighted by molar-refractivity contribution is 9.10. The molecule has 106 valence electrons. The van der Waals surface area contributed by atoms with E-state index in [9.17, 15) is 9.50 Å². The molecule has 19 heavy (non-hydrogen) atoms. The van der Waals surface area contributed by atoms with Crippen molar-refractivity contribution in [3.63, 3.8) is 0 Å². The standard InChI is InChI=1S/C16H22BrFO/c1-10(2)12-3-4-16(19)13(8-12)5-11-6-14(17)9-15(18)7-11/h6-7,9-10,12-13,16,19H,3-5,8H2,1-2H3. The van der Waals surface area contributed by atoms with Crippen LogP contribution in [0.25, 0.3) is 0 Å². The number of hydrogen-bond donors (Lipinski definition) is 1. The molecule has 0 heterocycles. The van der Waals surface area contributed by atoms with Crippen LogP contribution in [0.1, 0.15) is 38.7 Å². The summed E-state index contributed by atoms with van der Waals surface area (Å²) in [6, 6.07) is 5.00. The SMILES string of the molecule is CC(C)C1CCC(O)C(Cc2cc(F)cc(Br)c2)C1. The molecule has 1 aliphatic carbocycles. The summed E-state index contributed by atoms with van der Waals surface area (Å²) in [5, 5.41) is 10.2. The van der Waals surface area contributed by atoms with Crippen molar-refractivity contribution in [1.29, 1.82) is 0 Å². The van der Waals surface area contributed by atoms with Crippen LogP contribution in [0.5, 0.6) is 0 Å². The van der Waals surface area contributed by atoms with E-state index in [4.69, 9.17) is 0 Å². The Morgan fingerprint density at radius 2 is 2.05 bits per heavy atom. The predicted molar refractivity (Wildman–Crippen MR) is 79.5 cm³/mol. The van der Waals surface area contributed by atoms with E-state index in [1.54, 1.807) is 6.07 Å². The molecule has 1 nitrogen and oxygen atoms in total. The Morgan fingerprint density at radius 3 is 2.68 bits per heavy atom. The van der Waals surface area contributed by atoms with Gasteiger partial charge in [-0.05, 0) is 67.2 Å². The average Bonchev–Trinajstić information content (AvgIpc) is 2.30. The van der Waals surface area contributed by atoms with Crippen LogP contribution >= 0.6 is 15.9 Å². The molecule has 0 aliphatic heterocycles. The van der Waals surface area contributed by atoms with Gasteiger partial charge in [-0.25, -0.2) is 4.39 Å². The monoisotopic (exact) mass is 328 g/mol. The molecule has 1 saturated carbocycles. The maximum atomic E-state index is 13.4. The van der Waals surface area contributed by atoms with Gasteiger partial charge in [-0.3, -0.25) is 0 Å². The van der Waals surface area contributed by atoms with Gasteiger partial charge in [0.15, 0.2) is 0 Å². The van der Waals surface area contributed by atoms with Gasteiger partial charge in [0.05, 0.1) is 6.10 Å². The summed E-state index contributed by atoms with van der Waals surface area (Å²) in [5.74, 6) is 1.39. The van der Waals surface area contributed by atoms with Crippen LogP contribution in [0, 0.1) is 23.6 Å². The van der Waals surface area contributed by atoms with Crippen molar-refractivity contribution < 1.29 is 9.50 Å². The number of hydrogen-bond acceptors (Lipinski definition) is 1. The van der Waals surface area contributed by atoms with Crippen molar-refractivity contribution in [2.75, 3.05) is 0 Å². The van der Waals surface area contributed by atoms with Crippen molar-refractivity contribution in [2.24, 2.45) is 17.8 Å². The van der Waals surface area contributed by atoms with Crippen LogP contribution < -0.4 is 0 Å². The van der Waals surface area contributed by atoms with Crippen LogP contribution in [0.3, 0.4) is 0 Å². The molecular formula is C16H22BrFO. The van der Waals surface area contributed by atoms with Crippen molar-refractivity contribution in [2.45, 2.75) is 45.6 Å². The zero-order valence-electron chi connectivity index (χ0n) is 11.6. The molecular weight excluding hydrogens is 307 g/mol. The first-order valence-corrected chi connectivity index (χ1v) is 7.88. The van der Waals surface area contributed by atoms with Crippen LogP contribution in [0.15, 0.2) is 22.7 Å². The molecule has 0 radical (unpaired) electrons. The molecule has 0 bridgehead atoms. The lowest BCUT2D eigenvalue weighted by Crippen LogP contribution is -2.32. The van der Waals surface area contributed by atoms with E-state index >= 15 is 0 Å². The second kappa shape index (κ2) is 6.36. The maximum Gasteiger partial charge on any atom is 0.124 e. The average molecular weight is 329 g/mol. The Hall–Kier alpha value is -0.410. The Morgan fingerprint density at radius 1 is 1.32 bits per heavy atom. The number of benzene rings is 1. The van der Waals surface area contributed by atoms with Gasteiger partial charge >= 0.3 is 0 Å². The fraction of sp³-hybridized carbons (Fsp3) is 0.625. The van der Waals surface area contributed by atoms with Gasteiger partial charge in [0.1, 0.15) is 5.82 Å². The smallest absolute Gasteiger partial charge is 0.124 e. The normalized spacial score (nSPS) is 27.8. The van der Waals surface area contributed by atoms with Crippen molar-refractivity contribution in [1.82, 2.24) is 0 Å². The quantitative estimate of drug-likeness (QED) is 0.862. The second-order valence-corrected chi connectivity index (χ2v) is 7.04.